The van der Waals surface area contributed by atoms with E-state index in [2.05, 4.69) is 40.6 Å². The van der Waals surface area contributed by atoms with Crippen LogP contribution in [-0.4, -0.2) is 38.8 Å². The molecular formula is C34H35Cl2F3N8O5. The second-order valence-corrected chi connectivity index (χ2v) is 11.2. The van der Waals surface area contributed by atoms with E-state index in [-0.39, 0.29) is 32.1 Å². The molecule has 4 N–H and O–H groups in total. The number of amides is 2. The Balaban J connectivity index is 0.000000310. The third-order valence-corrected chi connectivity index (χ3v) is 7.86. The molecule has 52 heavy (non-hydrogen) atoms. The number of nitrogens with two attached hydrogens (primary N) is 1. The van der Waals surface area contributed by atoms with Crippen LogP contribution < -0.4 is 21.1 Å². The van der Waals surface area contributed by atoms with Gasteiger partial charge in [0, 0.05) is 5.69 Å². The predicted octanol–water partition coefficient (Wildman–Crippen LogP) is 10.3. The summed E-state index contributed by atoms with van der Waals surface area (Å²) < 4.78 is 50.2. The van der Waals surface area contributed by atoms with E-state index < -0.39 is 18.1 Å². The molecule has 2 amide bonds. The van der Waals surface area contributed by atoms with Gasteiger partial charge in [0.05, 0.1) is 37.9 Å². The lowest BCUT2D eigenvalue weighted by atomic mass is 10.2. The summed E-state index contributed by atoms with van der Waals surface area (Å²) in [5, 5.41) is 14.5. The molecule has 0 bridgehead atoms. The Kier molecular flexibility index (Phi) is 14.7. The van der Waals surface area contributed by atoms with Gasteiger partial charge in [0.2, 0.25) is 6.08 Å². The van der Waals surface area contributed by atoms with Gasteiger partial charge in [0.1, 0.15) is 5.75 Å². The summed E-state index contributed by atoms with van der Waals surface area (Å²) in [6.07, 6.45) is -3.31. The molecule has 6 rings (SSSR count). The van der Waals surface area contributed by atoms with E-state index in [9.17, 15) is 22.8 Å². The molecule has 0 fully saturated rings. The molecule has 4 aromatic heterocycles. The molecule has 0 unspecified atom stereocenters. The van der Waals surface area contributed by atoms with Gasteiger partial charge in [-0.25, -0.2) is 19.6 Å². The number of aryl methyl sites for hydroxylation is 5. The summed E-state index contributed by atoms with van der Waals surface area (Å²) in [5.41, 5.74) is 11.1. The molecule has 0 aliphatic rings. The van der Waals surface area contributed by atoms with Crippen LogP contribution in [0.5, 0.6) is 5.75 Å². The van der Waals surface area contributed by atoms with E-state index in [0.29, 0.717) is 49.3 Å². The predicted molar refractivity (Wildman–Crippen MR) is 195 cm³/mol. The van der Waals surface area contributed by atoms with Crippen molar-refractivity contribution in [3.8, 4) is 5.75 Å². The van der Waals surface area contributed by atoms with Crippen molar-refractivity contribution in [2.75, 3.05) is 16.4 Å². The number of carbonyl (C=O) groups excluding carboxylic acids is 2. The summed E-state index contributed by atoms with van der Waals surface area (Å²) in [5.74, 6) is 0.0518. The number of isocyanates is 1. The normalized spacial score (nSPS) is 10.3. The first-order chi connectivity index (χ1) is 23.6. The van der Waals surface area contributed by atoms with Crippen molar-refractivity contribution in [1.29, 1.82) is 0 Å². The van der Waals surface area contributed by atoms with Crippen molar-refractivity contribution in [1.82, 2.24) is 20.3 Å². The average molecular weight is 764 g/mol. The van der Waals surface area contributed by atoms with E-state index in [1.54, 1.807) is 26.0 Å². The topological polar surface area (TPSA) is 184 Å². The number of carbonyl (C=O) groups is 1. The smallest absolute Gasteiger partial charge is 0.406 e. The standard InChI is InChI=1S/C16H12ClF3N4O3.C8H8ClN3O.C8H7NO.2CH4/c1-7-11-13(24-27-14(11)21-8(2)12(7)17)23-15(25)22-9-3-5-10(6-4-9)26-16(18,19)20;1-3-5-7(10)12-13-8(5)11-4(2)6(3)9;1-7-2-4-8(5-3-7)9-6-10;;/h3-6H,1-2H3,(H2,22,23,24,25);1-2H3,(H2,10,12);2-5H,1H3;2*1H4. The Morgan fingerprint density at radius 2 is 1.35 bits per heavy atom. The van der Waals surface area contributed by atoms with Crippen LogP contribution in [0.3, 0.4) is 0 Å². The molecule has 6 aromatic rings. The fourth-order valence-electron chi connectivity index (χ4n) is 4.35. The number of ether oxygens (including phenoxy) is 1. The van der Waals surface area contributed by atoms with Crippen molar-refractivity contribution in [3.63, 3.8) is 0 Å². The van der Waals surface area contributed by atoms with Crippen molar-refractivity contribution >= 4 is 80.5 Å². The molecule has 4 heterocycles. The van der Waals surface area contributed by atoms with Gasteiger partial charge in [-0.2, -0.15) is 4.99 Å². The molecule has 0 saturated carbocycles. The number of nitrogens with zero attached hydrogens (tertiary/aromatic N) is 5. The maximum atomic E-state index is 12.1. The second kappa shape index (κ2) is 18.0. The summed E-state index contributed by atoms with van der Waals surface area (Å²) in [6.45, 7) is 9.11. The van der Waals surface area contributed by atoms with Gasteiger partial charge in [-0.15, -0.1) is 13.2 Å². The second-order valence-electron chi connectivity index (χ2n) is 10.4. The Morgan fingerprint density at radius 3 is 1.88 bits per heavy atom. The number of alkyl halides is 3. The van der Waals surface area contributed by atoms with E-state index in [0.717, 1.165) is 29.0 Å². The number of benzene rings is 2. The molecule has 0 atom stereocenters. The number of nitrogen functional groups attached to an aromatic ring is 1. The molecule has 0 saturated heterocycles. The minimum Gasteiger partial charge on any atom is -0.406 e. The molecule has 0 aliphatic carbocycles. The number of aliphatic imine (C=N–C) groups is 1. The van der Waals surface area contributed by atoms with Crippen LogP contribution in [0.4, 0.5) is 41.0 Å². The van der Waals surface area contributed by atoms with Crippen LogP contribution in [0.1, 0.15) is 42.9 Å². The van der Waals surface area contributed by atoms with Crippen molar-refractivity contribution in [2.24, 2.45) is 4.99 Å². The number of nitrogens with one attached hydrogen (secondary N) is 2. The summed E-state index contributed by atoms with van der Waals surface area (Å²) in [4.78, 5) is 33.6. The number of fused-ring (bicyclic) bond motifs is 2. The van der Waals surface area contributed by atoms with Crippen molar-refractivity contribution < 1.29 is 36.5 Å². The zero-order valence-corrected chi connectivity index (χ0v) is 28.4. The minimum absolute atomic E-state index is 0. The minimum atomic E-state index is -4.79. The fourth-order valence-corrected chi connectivity index (χ4v) is 4.62. The maximum absolute atomic E-state index is 12.1. The van der Waals surface area contributed by atoms with Gasteiger partial charge < -0.3 is 24.8 Å². The highest BCUT2D eigenvalue weighted by molar-refractivity contribution is 6.33. The Bertz CT molecular complexity index is 2200. The SMILES string of the molecule is C.C.Cc1ccc(N=C=O)cc1.Cc1nc2onc(N)c2c(C)c1Cl.Cc1nc2onc(NC(=O)Nc3ccc(OC(F)(F)F)cc3)c2c(C)c1Cl. The first kappa shape index (κ1) is 42.5. The first-order valence-electron chi connectivity index (χ1n) is 14.3. The largest absolute Gasteiger partial charge is 0.573 e. The zero-order chi connectivity index (χ0) is 36.7. The molecule has 0 radical (unpaired) electrons. The van der Waals surface area contributed by atoms with Gasteiger partial charge in [0.25, 0.3) is 11.4 Å². The summed E-state index contributed by atoms with van der Waals surface area (Å²) in [6, 6.07) is 11.3. The van der Waals surface area contributed by atoms with Crippen molar-refractivity contribution in [2.45, 2.75) is 55.8 Å². The van der Waals surface area contributed by atoms with Crippen LogP contribution in [0.15, 0.2) is 62.6 Å². The Morgan fingerprint density at radius 1 is 0.827 bits per heavy atom. The van der Waals surface area contributed by atoms with Gasteiger partial charge in [-0.3, -0.25) is 5.32 Å². The molecule has 276 valence electrons. The molecular weight excluding hydrogens is 728 g/mol. The van der Waals surface area contributed by atoms with Crippen LogP contribution in [-0.2, 0) is 4.79 Å². The van der Waals surface area contributed by atoms with E-state index in [1.165, 1.54) is 18.2 Å². The Hall–Kier alpha value is -5.70. The third-order valence-electron chi connectivity index (χ3n) is 6.74. The number of halogens is 5. The van der Waals surface area contributed by atoms with Crippen molar-refractivity contribution in [3.05, 3.63) is 86.7 Å². The number of hydrogen-bond donors (Lipinski definition) is 3. The molecule has 0 spiro atoms. The number of urea groups is 1. The van der Waals surface area contributed by atoms with Gasteiger partial charge in [-0.05, 0) is 82.1 Å². The van der Waals surface area contributed by atoms with Crippen LogP contribution >= 0.6 is 23.2 Å². The van der Waals surface area contributed by atoms with Gasteiger partial charge in [0.15, 0.2) is 11.6 Å². The van der Waals surface area contributed by atoms with E-state index in [4.69, 9.17) is 38.0 Å². The highest BCUT2D eigenvalue weighted by Crippen LogP contribution is 2.32. The zero-order valence-electron chi connectivity index (χ0n) is 26.9. The third kappa shape index (κ3) is 10.7. The van der Waals surface area contributed by atoms with Crippen LogP contribution in [0.25, 0.3) is 22.2 Å². The highest BCUT2D eigenvalue weighted by atomic mass is 35.5. The molecule has 13 nitrogen and oxygen atoms in total. The lowest BCUT2D eigenvalue weighted by Crippen LogP contribution is -2.20. The number of pyridine rings is 2. The van der Waals surface area contributed by atoms with E-state index >= 15 is 0 Å². The Labute approximate surface area is 306 Å². The summed E-state index contributed by atoms with van der Waals surface area (Å²) >= 11 is 12.2. The lowest BCUT2D eigenvalue weighted by molar-refractivity contribution is -0.274. The molecule has 2 aromatic carbocycles. The maximum Gasteiger partial charge on any atom is 0.573 e. The number of rotatable bonds is 4. The number of aromatic nitrogens is 4. The first-order valence-corrected chi connectivity index (χ1v) is 15.0. The lowest BCUT2D eigenvalue weighted by Gasteiger charge is -2.10. The average Bonchev–Trinajstić information content (AvgIpc) is 3.63. The van der Waals surface area contributed by atoms with Gasteiger partial charge in [-0.1, -0.05) is 66.1 Å². The number of hydrogen-bond acceptors (Lipinski definition) is 11. The van der Waals surface area contributed by atoms with Gasteiger partial charge >= 0.3 is 12.4 Å². The number of anilines is 3. The fraction of sp³-hybridized carbons (Fsp3) is 0.235. The molecule has 0 aliphatic heterocycles. The highest BCUT2D eigenvalue weighted by Gasteiger charge is 2.31. The quantitative estimate of drug-likeness (QED) is 0.115. The molecule has 18 heteroatoms. The van der Waals surface area contributed by atoms with Crippen LogP contribution in [0, 0.1) is 34.6 Å². The van der Waals surface area contributed by atoms with Crippen LogP contribution in [0.2, 0.25) is 10.0 Å². The monoisotopic (exact) mass is 762 g/mol. The van der Waals surface area contributed by atoms with E-state index in [1.807, 2.05) is 32.9 Å². The summed E-state index contributed by atoms with van der Waals surface area (Å²) in [7, 11) is 0.